The largest absolute Gasteiger partial charge is 0.497 e. The minimum atomic E-state index is -0.876. The Kier molecular flexibility index (Phi) is 5.77. The molecular weight excluding hydrogens is 254 g/mol. The van der Waals surface area contributed by atoms with Crippen LogP contribution in [-0.2, 0) is 11.3 Å². The monoisotopic (exact) mass is 277 g/mol. The number of ether oxygens (including phenoxy) is 1. The van der Waals surface area contributed by atoms with Crippen molar-refractivity contribution in [1.29, 1.82) is 0 Å². The lowest BCUT2D eigenvalue weighted by atomic mass is 9.95. The van der Waals surface area contributed by atoms with Crippen molar-refractivity contribution in [1.82, 2.24) is 5.32 Å². The Morgan fingerprint density at radius 1 is 1.35 bits per heavy atom. The van der Waals surface area contributed by atoms with E-state index in [1.165, 1.54) is 0 Å². The van der Waals surface area contributed by atoms with E-state index >= 15 is 0 Å². The minimum absolute atomic E-state index is 0.0322. The van der Waals surface area contributed by atoms with Crippen LogP contribution in [-0.4, -0.2) is 24.2 Å². The molecule has 0 aromatic heterocycles. The highest BCUT2D eigenvalue weighted by Crippen LogP contribution is 2.15. The highest BCUT2D eigenvalue weighted by molar-refractivity contribution is 5.75. The Labute approximate surface area is 120 Å². The normalized spacial score (nSPS) is 13.4. The molecule has 0 saturated heterocycles. The number of carboxylic acid groups (broad SMARTS) is 1. The van der Waals surface area contributed by atoms with Gasteiger partial charge in [-0.1, -0.05) is 45.1 Å². The number of rotatable bonds is 6. The molecule has 0 aliphatic rings. The zero-order valence-electron chi connectivity index (χ0n) is 12.5. The van der Waals surface area contributed by atoms with Gasteiger partial charge in [0.2, 0.25) is 0 Å². The number of nitrogens with one attached hydrogen (secondary N) is 1. The summed E-state index contributed by atoms with van der Waals surface area (Å²) in [4.78, 5) is 11.2. The summed E-state index contributed by atoms with van der Waals surface area (Å²) < 4.78 is 5.08. The molecule has 20 heavy (non-hydrogen) atoms. The number of carbonyl (C=O) groups is 1. The predicted octanol–water partition coefficient (Wildman–Crippen LogP) is 2.84. The second kappa shape index (κ2) is 7.10. The summed E-state index contributed by atoms with van der Waals surface area (Å²) in [5, 5.41) is 12.2. The van der Waals surface area contributed by atoms with Crippen LogP contribution in [0.1, 0.15) is 26.3 Å². The summed E-state index contributed by atoms with van der Waals surface area (Å²) in [5.74, 6) is -0.0878. The highest BCUT2D eigenvalue weighted by atomic mass is 16.5. The third-order valence-corrected chi connectivity index (χ3v) is 2.74. The van der Waals surface area contributed by atoms with Gasteiger partial charge in [-0.3, -0.25) is 10.1 Å². The quantitative estimate of drug-likeness (QED) is 0.785. The van der Waals surface area contributed by atoms with E-state index in [0.717, 1.165) is 11.3 Å². The number of methoxy groups -OCH3 is 1. The van der Waals surface area contributed by atoms with Gasteiger partial charge in [0.05, 0.1) is 7.11 Å². The van der Waals surface area contributed by atoms with Crippen LogP contribution in [0.2, 0.25) is 0 Å². The van der Waals surface area contributed by atoms with Gasteiger partial charge in [-0.15, -0.1) is 0 Å². The SMILES string of the molecule is COc1ccc(CNC(/C=C/C(C)(C)C)C(=O)O)cc1. The van der Waals surface area contributed by atoms with Crippen molar-refractivity contribution in [2.45, 2.75) is 33.4 Å². The molecule has 2 N–H and O–H groups in total. The molecular formula is C16H23NO3. The Bertz CT molecular complexity index is 458. The molecule has 1 atom stereocenters. The third-order valence-electron chi connectivity index (χ3n) is 2.74. The van der Waals surface area contributed by atoms with Gasteiger partial charge in [0.1, 0.15) is 11.8 Å². The Morgan fingerprint density at radius 3 is 2.40 bits per heavy atom. The van der Waals surface area contributed by atoms with Crippen molar-refractivity contribution in [3.63, 3.8) is 0 Å². The maximum atomic E-state index is 11.2. The molecule has 1 unspecified atom stereocenters. The molecule has 1 aromatic rings. The first-order valence-electron chi connectivity index (χ1n) is 6.60. The van der Waals surface area contributed by atoms with E-state index in [0.29, 0.717) is 6.54 Å². The average Bonchev–Trinajstić information content (AvgIpc) is 2.37. The van der Waals surface area contributed by atoms with Crippen molar-refractivity contribution < 1.29 is 14.6 Å². The molecule has 0 fully saturated rings. The van der Waals surface area contributed by atoms with Crippen LogP contribution >= 0.6 is 0 Å². The number of hydrogen-bond acceptors (Lipinski definition) is 3. The number of benzene rings is 1. The zero-order valence-corrected chi connectivity index (χ0v) is 12.5. The zero-order chi connectivity index (χ0) is 15.2. The molecule has 0 spiro atoms. The predicted molar refractivity (Wildman–Crippen MR) is 79.9 cm³/mol. The summed E-state index contributed by atoms with van der Waals surface area (Å²) in [6.45, 7) is 6.60. The molecule has 0 aliphatic heterocycles. The van der Waals surface area contributed by atoms with Gasteiger partial charge in [-0.2, -0.15) is 0 Å². The van der Waals surface area contributed by atoms with E-state index in [2.05, 4.69) is 5.32 Å². The fourth-order valence-corrected chi connectivity index (χ4v) is 1.59. The van der Waals surface area contributed by atoms with E-state index < -0.39 is 12.0 Å². The number of carboxylic acids is 1. The standard InChI is InChI=1S/C16H23NO3/c1-16(2,3)10-9-14(15(18)19)17-11-12-5-7-13(20-4)8-6-12/h5-10,14,17H,11H2,1-4H3,(H,18,19)/b10-9+. The highest BCUT2D eigenvalue weighted by Gasteiger charge is 2.14. The summed E-state index contributed by atoms with van der Waals surface area (Å²) >= 11 is 0. The lowest BCUT2D eigenvalue weighted by Crippen LogP contribution is -2.34. The van der Waals surface area contributed by atoms with Crippen LogP contribution in [0.4, 0.5) is 0 Å². The topological polar surface area (TPSA) is 58.6 Å². The number of allylic oxidation sites excluding steroid dienone is 1. The first kappa shape index (κ1) is 16.2. The van der Waals surface area contributed by atoms with Gasteiger partial charge in [0, 0.05) is 6.54 Å². The van der Waals surface area contributed by atoms with E-state index in [-0.39, 0.29) is 5.41 Å². The first-order chi connectivity index (χ1) is 9.31. The van der Waals surface area contributed by atoms with Gasteiger partial charge in [0.15, 0.2) is 0 Å². The van der Waals surface area contributed by atoms with Gasteiger partial charge in [0.25, 0.3) is 0 Å². The van der Waals surface area contributed by atoms with Gasteiger partial charge in [-0.25, -0.2) is 0 Å². The van der Waals surface area contributed by atoms with Crippen LogP contribution in [0.25, 0.3) is 0 Å². The summed E-state index contributed by atoms with van der Waals surface area (Å²) in [5.41, 5.74) is 0.983. The molecule has 0 bridgehead atoms. The lowest BCUT2D eigenvalue weighted by molar-refractivity contribution is -0.138. The maximum absolute atomic E-state index is 11.2. The molecule has 0 aliphatic carbocycles. The third kappa shape index (κ3) is 5.89. The van der Waals surface area contributed by atoms with Crippen molar-refractivity contribution in [3.8, 4) is 5.75 Å². The average molecular weight is 277 g/mol. The van der Waals surface area contributed by atoms with Gasteiger partial charge < -0.3 is 9.84 Å². The Balaban J connectivity index is 2.62. The fraction of sp³-hybridized carbons (Fsp3) is 0.438. The summed E-state index contributed by atoms with van der Waals surface area (Å²) in [7, 11) is 1.62. The molecule has 4 nitrogen and oxygen atoms in total. The van der Waals surface area contributed by atoms with Crippen LogP contribution in [0.15, 0.2) is 36.4 Å². The maximum Gasteiger partial charge on any atom is 0.324 e. The molecule has 0 saturated carbocycles. The van der Waals surface area contributed by atoms with Crippen molar-refractivity contribution in [2.24, 2.45) is 5.41 Å². The van der Waals surface area contributed by atoms with Crippen molar-refractivity contribution in [3.05, 3.63) is 42.0 Å². The van der Waals surface area contributed by atoms with Crippen LogP contribution in [0.5, 0.6) is 5.75 Å². The molecule has 0 radical (unpaired) electrons. The Hall–Kier alpha value is -1.81. The smallest absolute Gasteiger partial charge is 0.324 e. The second-order valence-corrected chi connectivity index (χ2v) is 5.77. The van der Waals surface area contributed by atoms with Gasteiger partial charge >= 0.3 is 5.97 Å². The van der Waals surface area contributed by atoms with Crippen LogP contribution in [0, 0.1) is 5.41 Å². The van der Waals surface area contributed by atoms with Crippen LogP contribution < -0.4 is 10.1 Å². The Morgan fingerprint density at radius 2 is 1.95 bits per heavy atom. The second-order valence-electron chi connectivity index (χ2n) is 5.77. The first-order valence-corrected chi connectivity index (χ1v) is 6.60. The molecule has 1 rings (SSSR count). The van der Waals surface area contributed by atoms with E-state index in [1.54, 1.807) is 13.2 Å². The van der Waals surface area contributed by atoms with E-state index in [1.807, 2.05) is 51.1 Å². The van der Waals surface area contributed by atoms with Crippen molar-refractivity contribution >= 4 is 5.97 Å². The van der Waals surface area contributed by atoms with Crippen LogP contribution in [0.3, 0.4) is 0 Å². The summed E-state index contributed by atoms with van der Waals surface area (Å²) in [6.07, 6.45) is 3.61. The fourth-order valence-electron chi connectivity index (χ4n) is 1.59. The minimum Gasteiger partial charge on any atom is -0.497 e. The number of hydrogen-bond donors (Lipinski definition) is 2. The lowest BCUT2D eigenvalue weighted by Gasteiger charge is -2.15. The summed E-state index contributed by atoms with van der Waals surface area (Å²) in [6, 6.07) is 6.86. The van der Waals surface area contributed by atoms with Gasteiger partial charge in [-0.05, 0) is 23.1 Å². The molecule has 0 heterocycles. The van der Waals surface area contributed by atoms with E-state index in [9.17, 15) is 9.90 Å². The number of aliphatic carboxylic acids is 1. The molecule has 4 heteroatoms. The molecule has 1 aromatic carbocycles. The van der Waals surface area contributed by atoms with E-state index in [4.69, 9.17) is 4.74 Å². The molecule has 0 amide bonds. The molecule has 110 valence electrons. The van der Waals surface area contributed by atoms with Crippen molar-refractivity contribution in [2.75, 3.05) is 7.11 Å².